The largest absolute Gasteiger partial charge is 0.419 e. The Hall–Kier alpha value is -3.13. The summed E-state index contributed by atoms with van der Waals surface area (Å²) in [6, 6.07) is 10.8. The van der Waals surface area contributed by atoms with Crippen molar-refractivity contribution in [3.05, 3.63) is 64.0 Å². The van der Waals surface area contributed by atoms with Crippen molar-refractivity contribution >= 4 is 34.3 Å². The monoisotopic (exact) mass is 425 g/mol. The molecule has 4 aromatic rings. The minimum absolute atomic E-state index is 0.0173. The number of fused-ring (bicyclic) bond motifs is 2. The highest BCUT2D eigenvalue weighted by Gasteiger charge is 2.28. The summed E-state index contributed by atoms with van der Waals surface area (Å²) in [7, 11) is 0. The molecule has 8 nitrogen and oxygen atoms in total. The van der Waals surface area contributed by atoms with Crippen LogP contribution in [0.25, 0.3) is 16.7 Å². The van der Waals surface area contributed by atoms with E-state index in [1.54, 1.807) is 18.2 Å². The summed E-state index contributed by atoms with van der Waals surface area (Å²) in [6.07, 6.45) is 4.05. The third-order valence-corrected chi connectivity index (χ3v) is 5.89. The topological polar surface area (TPSA) is 85.6 Å². The van der Waals surface area contributed by atoms with Gasteiger partial charge in [-0.05, 0) is 37.1 Å². The van der Waals surface area contributed by atoms with E-state index in [0.717, 1.165) is 24.3 Å². The van der Waals surface area contributed by atoms with Gasteiger partial charge in [0.05, 0.1) is 5.52 Å². The maximum atomic E-state index is 12.9. The fourth-order valence-corrected chi connectivity index (χ4v) is 4.33. The summed E-state index contributed by atoms with van der Waals surface area (Å²) in [5.74, 6) is 0.562. The highest BCUT2D eigenvalue weighted by molar-refractivity contribution is 6.31. The van der Waals surface area contributed by atoms with Crippen LogP contribution in [-0.2, 0) is 11.3 Å². The fourth-order valence-electron chi connectivity index (χ4n) is 4.17. The number of hydrogen-bond acceptors (Lipinski definition) is 5. The number of pyridine rings is 1. The molecule has 1 aliphatic heterocycles. The van der Waals surface area contributed by atoms with Gasteiger partial charge in [-0.3, -0.25) is 13.8 Å². The molecule has 30 heavy (non-hydrogen) atoms. The van der Waals surface area contributed by atoms with Crippen LogP contribution in [0.4, 0.5) is 0 Å². The third-order valence-electron chi connectivity index (χ3n) is 5.66. The lowest BCUT2D eigenvalue weighted by Gasteiger charge is -2.32. The van der Waals surface area contributed by atoms with Crippen molar-refractivity contribution in [2.45, 2.75) is 31.7 Å². The zero-order valence-electron chi connectivity index (χ0n) is 16.2. The lowest BCUT2D eigenvalue weighted by atomic mass is 9.97. The Morgan fingerprint density at radius 3 is 3.03 bits per heavy atom. The molecule has 4 heterocycles. The summed E-state index contributed by atoms with van der Waals surface area (Å²) in [4.78, 5) is 26.9. The number of aryl methyl sites for hydroxylation is 1. The lowest BCUT2D eigenvalue weighted by Crippen LogP contribution is -2.40. The molecule has 1 atom stereocenters. The van der Waals surface area contributed by atoms with E-state index in [-0.39, 0.29) is 24.8 Å². The van der Waals surface area contributed by atoms with Gasteiger partial charge in [0.25, 0.3) is 0 Å². The van der Waals surface area contributed by atoms with E-state index in [2.05, 4.69) is 10.2 Å². The molecule has 1 aliphatic rings. The Labute approximate surface area is 176 Å². The smallest absolute Gasteiger partial charge is 0.408 e. The Bertz CT molecular complexity index is 1290. The van der Waals surface area contributed by atoms with Crippen molar-refractivity contribution in [1.29, 1.82) is 0 Å². The molecule has 9 heteroatoms. The van der Waals surface area contributed by atoms with Crippen molar-refractivity contribution < 1.29 is 9.21 Å². The first-order valence-electron chi connectivity index (χ1n) is 9.96. The van der Waals surface area contributed by atoms with Gasteiger partial charge in [-0.1, -0.05) is 17.7 Å². The summed E-state index contributed by atoms with van der Waals surface area (Å²) < 4.78 is 8.71. The first-order chi connectivity index (χ1) is 14.6. The van der Waals surface area contributed by atoms with Gasteiger partial charge in [-0.25, -0.2) is 4.79 Å². The van der Waals surface area contributed by atoms with Crippen LogP contribution in [0.15, 0.2) is 51.8 Å². The number of nitrogens with zero attached hydrogens (tertiary/aromatic N) is 5. The van der Waals surface area contributed by atoms with Crippen molar-refractivity contribution in [1.82, 2.24) is 24.1 Å². The number of halogens is 1. The molecule has 0 bridgehead atoms. The zero-order valence-corrected chi connectivity index (χ0v) is 17.0. The molecule has 0 spiro atoms. The van der Waals surface area contributed by atoms with Gasteiger partial charge in [0.15, 0.2) is 11.2 Å². The van der Waals surface area contributed by atoms with Crippen molar-refractivity contribution in [2.24, 2.45) is 0 Å². The van der Waals surface area contributed by atoms with E-state index in [0.29, 0.717) is 29.2 Å². The number of amides is 1. The number of carbonyl (C=O) groups is 1. The van der Waals surface area contributed by atoms with Crippen LogP contribution in [0.1, 0.15) is 31.0 Å². The molecule has 0 aliphatic carbocycles. The standard InChI is InChI=1S/C21H20ClN5O3/c22-15-6-7-16-17(12-15)30-21(29)26(16)11-8-19(28)25-9-3-4-14(13-25)20-24-23-18-5-1-2-10-27(18)20/h1-2,5-7,10,12,14H,3-4,8-9,11,13H2. The van der Waals surface area contributed by atoms with E-state index in [1.165, 1.54) is 4.57 Å². The van der Waals surface area contributed by atoms with Crippen LogP contribution in [-0.4, -0.2) is 43.1 Å². The van der Waals surface area contributed by atoms with E-state index in [9.17, 15) is 9.59 Å². The van der Waals surface area contributed by atoms with E-state index in [4.69, 9.17) is 16.0 Å². The molecule has 1 fully saturated rings. The van der Waals surface area contributed by atoms with E-state index >= 15 is 0 Å². The second-order valence-electron chi connectivity index (χ2n) is 7.55. The molecule has 5 rings (SSSR count). The lowest BCUT2D eigenvalue weighted by molar-refractivity contribution is -0.132. The first kappa shape index (κ1) is 18.9. The number of piperidine rings is 1. The summed E-state index contributed by atoms with van der Waals surface area (Å²) in [5.41, 5.74) is 1.88. The van der Waals surface area contributed by atoms with Gasteiger partial charge < -0.3 is 9.32 Å². The molecule has 1 unspecified atom stereocenters. The summed E-state index contributed by atoms with van der Waals surface area (Å²) in [5, 5.41) is 9.09. The Balaban J connectivity index is 1.30. The van der Waals surface area contributed by atoms with Crippen LogP contribution in [0.2, 0.25) is 5.02 Å². The predicted octanol–water partition coefficient (Wildman–Crippen LogP) is 3.09. The fraction of sp³-hybridized carbons (Fsp3) is 0.333. The van der Waals surface area contributed by atoms with Crippen LogP contribution in [0.5, 0.6) is 0 Å². The van der Waals surface area contributed by atoms with Crippen molar-refractivity contribution in [3.8, 4) is 0 Å². The number of benzene rings is 1. The predicted molar refractivity (Wildman–Crippen MR) is 112 cm³/mol. The maximum Gasteiger partial charge on any atom is 0.419 e. The van der Waals surface area contributed by atoms with E-state index < -0.39 is 5.76 Å². The molecule has 0 radical (unpaired) electrons. The molecule has 0 saturated carbocycles. The van der Waals surface area contributed by atoms with Crippen LogP contribution >= 0.6 is 11.6 Å². The molecule has 154 valence electrons. The quantitative estimate of drug-likeness (QED) is 0.501. The average molecular weight is 426 g/mol. The number of aromatic nitrogens is 4. The number of carbonyl (C=O) groups excluding carboxylic acids is 1. The maximum absolute atomic E-state index is 12.9. The van der Waals surface area contributed by atoms with Crippen molar-refractivity contribution in [3.63, 3.8) is 0 Å². The number of rotatable bonds is 4. The molecule has 1 saturated heterocycles. The number of oxazole rings is 1. The van der Waals surface area contributed by atoms with Crippen LogP contribution in [0.3, 0.4) is 0 Å². The van der Waals surface area contributed by atoms with Crippen LogP contribution < -0.4 is 5.76 Å². The average Bonchev–Trinajstić information content (AvgIpc) is 3.32. The Morgan fingerprint density at radius 2 is 2.13 bits per heavy atom. The Morgan fingerprint density at radius 1 is 1.23 bits per heavy atom. The second-order valence-corrected chi connectivity index (χ2v) is 7.98. The van der Waals surface area contributed by atoms with Gasteiger partial charge >= 0.3 is 5.76 Å². The van der Waals surface area contributed by atoms with E-state index in [1.807, 2.05) is 33.7 Å². The summed E-state index contributed by atoms with van der Waals surface area (Å²) in [6.45, 7) is 1.58. The third kappa shape index (κ3) is 3.37. The SMILES string of the molecule is O=C(CCn1c(=O)oc2cc(Cl)ccc21)N1CCCC(c2nnc3ccccn23)C1. The summed E-state index contributed by atoms with van der Waals surface area (Å²) >= 11 is 5.96. The van der Waals surface area contributed by atoms with Gasteiger partial charge in [-0.2, -0.15) is 0 Å². The van der Waals surface area contributed by atoms with Gasteiger partial charge in [0, 0.05) is 49.3 Å². The number of likely N-dealkylation sites (tertiary alicyclic amines) is 1. The second kappa shape index (κ2) is 7.60. The normalized spacial score (nSPS) is 17.1. The van der Waals surface area contributed by atoms with Gasteiger partial charge in [-0.15, -0.1) is 10.2 Å². The first-order valence-corrected chi connectivity index (χ1v) is 10.3. The molecular weight excluding hydrogens is 406 g/mol. The van der Waals surface area contributed by atoms with Crippen LogP contribution in [0, 0.1) is 0 Å². The van der Waals surface area contributed by atoms with Gasteiger partial charge in [0.2, 0.25) is 5.91 Å². The molecule has 1 amide bonds. The Kier molecular flexibility index (Phi) is 4.78. The number of hydrogen-bond donors (Lipinski definition) is 0. The molecule has 0 N–H and O–H groups in total. The minimum atomic E-state index is -0.480. The van der Waals surface area contributed by atoms with Gasteiger partial charge in [0.1, 0.15) is 5.82 Å². The minimum Gasteiger partial charge on any atom is -0.408 e. The highest BCUT2D eigenvalue weighted by Crippen LogP contribution is 2.26. The highest BCUT2D eigenvalue weighted by atomic mass is 35.5. The molecular formula is C21H20ClN5O3. The molecule has 1 aromatic carbocycles. The van der Waals surface area contributed by atoms with Crippen molar-refractivity contribution in [2.75, 3.05) is 13.1 Å². The zero-order chi connectivity index (χ0) is 20.7. The molecule has 3 aromatic heterocycles.